The second-order valence-electron chi connectivity index (χ2n) is 7.24. The van der Waals surface area contributed by atoms with E-state index in [-0.39, 0.29) is 30.2 Å². The number of amides is 1. The molecule has 1 aromatic heterocycles. The molecule has 1 N–H and O–H groups in total. The number of carbonyl (C=O) groups is 1. The summed E-state index contributed by atoms with van der Waals surface area (Å²) in [6, 6.07) is 12.9. The Kier molecular flexibility index (Phi) is 5.55. The zero-order chi connectivity index (χ0) is 20.2. The van der Waals surface area contributed by atoms with E-state index in [1.54, 1.807) is 10.6 Å². The second-order valence-corrected chi connectivity index (χ2v) is 7.24. The molecule has 3 aromatic rings. The lowest BCUT2D eigenvalue weighted by Crippen LogP contribution is -2.37. The van der Waals surface area contributed by atoms with E-state index < -0.39 is 0 Å². The van der Waals surface area contributed by atoms with Crippen LogP contribution in [0.25, 0.3) is 10.9 Å². The van der Waals surface area contributed by atoms with Crippen LogP contribution in [-0.4, -0.2) is 28.5 Å². The van der Waals surface area contributed by atoms with Gasteiger partial charge in [-0.05, 0) is 55.7 Å². The standard InChI is InChI=1S/C22H23FN4O2/c23-16-8-10-17(11-9-16)24-20(28)12-15-27-21(29)18-6-2-3-7-19(18)25-22(27)26-13-4-1-5-14-26/h2-3,6-11H,1,4-5,12-15H2,(H,24,28). The van der Waals surface area contributed by atoms with E-state index in [9.17, 15) is 14.0 Å². The first-order chi connectivity index (χ1) is 14.1. The minimum absolute atomic E-state index is 0.123. The lowest BCUT2D eigenvalue weighted by molar-refractivity contribution is -0.116. The molecule has 1 saturated heterocycles. The predicted molar refractivity (Wildman–Crippen MR) is 112 cm³/mol. The number of piperidine rings is 1. The quantitative estimate of drug-likeness (QED) is 0.719. The Balaban J connectivity index is 1.59. The summed E-state index contributed by atoms with van der Waals surface area (Å²) in [5.74, 6) is 0.0344. The zero-order valence-corrected chi connectivity index (χ0v) is 16.1. The average Bonchev–Trinajstić information content (AvgIpc) is 2.75. The van der Waals surface area contributed by atoms with E-state index in [0.29, 0.717) is 22.5 Å². The molecule has 2 aromatic carbocycles. The molecule has 0 spiro atoms. The van der Waals surface area contributed by atoms with Gasteiger partial charge < -0.3 is 10.2 Å². The van der Waals surface area contributed by atoms with Crippen LogP contribution in [0.15, 0.2) is 53.3 Å². The molecule has 0 radical (unpaired) electrons. The number of rotatable bonds is 5. The number of benzene rings is 2. The van der Waals surface area contributed by atoms with Crippen LogP contribution < -0.4 is 15.8 Å². The maximum atomic E-state index is 13.1. The third kappa shape index (κ3) is 4.29. The number of anilines is 2. The van der Waals surface area contributed by atoms with Crippen LogP contribution in [0.1, 0.15) is 25.7 Å². The Bertz CT molecular complexity index is 1070. The Morgan fingerprint density at radius 1 is 1.03 bits per heavy atom. The Labute approximate surface area is 168 Å². The fraction of sp³-hybridized carbons (Fsp3) is 0.318. The number of nitrogens with zero attached hydrogens (tertiary/aromatic N) is 3. The molecule has 6 nitrogen and oxygen atoms in total. The van der Waals surface area contributed by atoms with Crippen molar-refractivity contribution >= 4 is 28.4 Å². The van der Waals surface area contributed by atoms with E-state index in [2.05, 4.69) is 10.2 Å². The topological polar surface area (TPSA) is 67.2 Å². The molecule has 150 valence electrons. The molecule has 0 saturated carbocycles. The van der Waals surface area contributed by atoms with Crippen molar-refractivity contribution in [3.8, 4) is 0 Å². The van der Waals surface area contributed by atoms with Gasteiger partial charge in [-0.1, -0.05) is 12.1 Å². The van der Waals surface area contributed by atoms with Gasteiger partial charge in [0.1, 0.15) is 5.82 Å². The van der Waals surface area contributed by atoms with Crippen molar-refractivity contribution in [3.05, 3.63) is 64.7 Å². The Hall–Kier alpha value is -3.22. The molecule has 2 heterocycles. The molecule has 0 unspecified atom stereocenters. The van der Waals surface area contributed by atoms with Gasteiger partial charge in [0, 0.05) is 31.7 Å². The molecule has 0 bridgehead atoms. The van der Waals surface area contributed by atoms with E-state index in [4.69, 9.17) is 4.98 Å². The number of hydrogen-bond acceptors (Lipinski definition) is 4. The molecular formula is C22H23FN4O2. The first kappa shape index (κ1) is 19.1. The van der Waals surface area contributed by atoms with Gasteiger partial charge in [-0.25, -0.2) is 9.37 Å². The Morgan fingerprint density at radius 3 is 2.52 bits per heavy atom. The van der Waals surface area contributed by atoms with Crippen molar-refractivity contribution in [2.45, 2.75) is 32.2 Å². The molecule has 0 atom stereocenters. The number of para-hydroxylation sites is 1. The van der Waals surface area contributed by atoms with Crippen LogP contribution in [0.4, 0.5) is 16.0 Å². The predicted octanol–water partition coefficient (Wildman–Crippen LogP) is 3.55. The number of aromatic nitrogens is 2. The van der Waals surface area contributed by atoms with Gasteiger partial charge in [0.05, 0.1) is 10.9 Å². The van der Waals surface area contributed by atoms with Crippen LogP contribution >= 0.6 is 0 Å². The van der Waals surface area contributed by atoms with E-state index in [1.807, 2.05) is 18.2 Å². The summed E-state index contributed by atoms with van der Waals surface area (Å²) in [6.45, 7) is 1.94. The van der Waals surface area contributed by atoms with Gasteiger partial charge in [0.2, 0.25) is 11.9 Å². The molecule has 0 aliphatic carbocycles. The maximum Gasteiger partial charge on any atom is 0.262 e. The molecular weight excluding hydrogens is 371 g/mol. The molecule has 1 aliphatic rings. The number of carbonyl (C=O) groups excluding carboxylic acids is 1. The highest BCUT2D eigenvalue weighted by atomic mass is 19.1. The van der Waals surface area contributed by atoms with E-state index >= 15 is 0 Å². The third-order valence-electron chi connectivity index (χ3n) is 5.17. The third-order valence-corrected chi connectivity index (χ3v) is 5.17. The van der Waals surface area contributed by atoms with Gasteiger partial charge in [-0.15, -0.1) is 0 Å². The largest absolute Gasteiger partial charge is 0.342 e. The van der Waals surface area contributed by atoms with Gasteiger partial charge in [0.25, 0.3) is 5.56 Å². The number of fused-ring (bicyclic) bond motifs is 1. The number of halogens is 1. The van der Waals surface area contributed by atoms with Crippen LogP contribution in [-0.2, 0) is 11.3 Å². The van der Waals surface area contributed by atoms with Crippen molar-refractivity contribution in [2.24, 2.45) is 0 Å². The van der Waals surface area contributed by atoms with Crippen molar-refractivity contribution in [1.29, 1.82) is 0 Å². The summed E-state index contributed by atoms with van der Waals surface area (Å²) < 4.78 is 14.6. The lowest BCUT2D eigenvalue weighted by atomic mass is 10.1. The Morgan fingerprint density at radius 2 is 1.76 bits per heavy atom. The molecule has 1 fully saturated rings. The smallest absolute Gasteiger partial charge is 0.262 e. The van der Waals surface area contributed by atoms with Gasteiger partial charge in [-0.2, -0.15) is 0 Å². The second kappa shape index (κ2) is 8.43. The molecule has 1 aliphatic heterocycles. The summed E-state index contributed by atoms with van der Waals surface area (Å²) in [5, 5.41) is 3.29. The van der Waals surface area contributed by atoms with Crippen molar-refractivity contribution in [1.82, 2.24) is 9.55 Å². The highest BCUT2D eigenvalue weighted by molar-refractivity contribution is 5.90. The van der Waals surface area contributed by atoms with Gasteiger partial charge in [-0.3, -0.25) is 14.2 Å². The van der Waals surface area contributed by atoms with Crippen molar-refractivity contribution in [2.75, 3.05) is 23.3 Å². The highest BCUT2D eigenvalue weighted by Gasteiger charge is 2.19. The summed E-state index contributed by atoms with van der Waals surface area (Å²) in [4.78, 5) is 32.4. The average molecular weight is 394 g/mol. The number of nitrogens with one attached hydrogen (secondary N) is 1. The van der Waals surface area contributed by atoms with Crippen LogP contribution in [0.3, 0.4) is 0 Å². The van der Waals surface area contributed by atoms with Crippen LogP contribution in [0, 0.1) is 5.82 Å². The highest BCUT2D eigenvalue weighted by Crippen LogP contribution is 2.20. The summed E-state index contributed by atoms with van der Waals surface area (Å²) in [5.41, 5.74) is 1.06. The summed E-state index contributed by atoms with van der Waals surface area (Å²) in [7, 11) is 0. The molecule has 7 heteroatoms. The SMILES string of the molecule is O=C(CCn1c(N2CCCCC2)nc2ccccc2c1=O)Nc1ccc(F)cc1. The molecule has 29 heavy (non-hydrogen) atoms. The van der Waals surface area contributed by atoms with Gasteiger partial charge in [0.15, 0.2) is 0 Å². The molecule has 1 amide bonds. The molecule has 4 rings (SSSR count). The fourth-order valence-electron chi connectivity index (χ4n) is 3.66. The maximum absolute atomic E-state index is 13.1. The monoisotopic (exact) mass is 394 g/mol. The minimum atomic E-state index is -0.358. The normalized spacial score (nSPS) is 14.2. The first-order valence-electron chi connectivity index (χ1n) is 9.92. The minimum Gasteiger partial charge on any atom is -0.342 e. The van der Waals surface area contributed by atoms with E-state index in [1.165, 1.54) is 30.7 Å². The van der Waals surface area contributed by atoms with Crippen molar-refractivity contribution in [3.63, 3.8) is 0 Å². The summed E-state index contributed by atoms with van der Waals surface area (Å²) >= 11 is 0. The van der Waals surface area contributed by atoms with Gasteiger partial charge >= 0.3 is 0 Å². The summed E-state index contributed by atoms with van der Waals surface area (Å²) in [6.07, 6.45) is 3.42. The first-order valence-corrected chi connectivity index (χ1v) is 9.92. The lowest BCUT2D eigenvalue weighted by Gasteiger charge is -2.29. The fourth-order valence-corrected chi connectivity index (χ4v) is 3.66. The zero-order valence-electron chi connectivity index (χ0n) is 16.1. The van der Waals surface area contributed by atoms with Crippen molar-refractivity contribution < 1.29 is 9.18 Å². The van der Waals surface area contributed by atoms with Crippen LogP contribution in [0.2, 0.25) is 0 Å². The van der Waals surface area contributed by atoms with Crippen LogP contribution in [0.5, 0.6) is 0 Å². The van der Waals surface area contributed by atoms with E-state index in [0.717, 1.165) is 25.9 Å². The number of hydrogen-bond donors (Lipinski definition) is 1.